The van der Waals surface area contributed by atoms with Crippen LogP contribution in [0.1, 0.15) is 167 Å². The monoisotopic (exact) mass is 1330 g/mol. The number of rotatable bonds is 51. The minimum Gasteiger partial charge on any atom is -0.370 e. The molecule has 0 radical (unpaired) electrons. The molecule has 0 fully saturated rings. The topological polar surface area (TPSA) is 521 Å². The van der Waals surface area contributed by atoms with Gasteiger partial charge in [0.25, 0.3) is 11.9 Å². The van der Waals surface area contributed by atoms with E-state index in [9.17, 15) is 77.8 Å². The van der Waals surface area contributed by atoms with Gasteiger partial charge < -0.3 is 34.4 Å². The molecule has 520 valence electrons. The average molecular weight is 1330 g/mol. The number of nitrogens with one attached hydrogen (secondary N) is 2. The summed E-state index contributed by atoms with van der Waals surface area (Å²) in [5.74, 6) is -15.1. The summed E-state index contributed by atoms with van der Waals surface area (Å²) in [6.07, 6.45) is -5.11. The zero-order chi connectivity index (χ0) is 71.2. The molecule has 0 spiro atoms. The molecular weight excluding hydrogens is 1230 g/mol. The molecular formula is C65H94N14O16. The molecule has 0 amide bonds. The second-order valence-electron chi connectivity index (χ2n) is 25.1. The first-order valence-corrected chi connectivity index (χ1v) is 31.5. The number of nitrogens with zero attached hydrogens (tertiary/aromatic N) is 6. The quantitative estimate of drug-likeness (QED) is 0.0117. The molecule has 30 nitrogen and oxygen atoms in total. The minimum absolute atomic E-state index is 0.0101. The van der Waals surface area contributed by atoms with Crippen LogP contribution in [-0.2, 0) is 70.4 Å². The van der Waals surface area contributed by atoms with E-state index in [4.69, 9.17) is 34.4 Å². The Hall–Kier alpha value is -9.64. The van der Waals surface area contributed by atoms with Gasteiger partial charge in [0.2, 0.25) is 0 Å². The average Bonchev–Trinajstić information content (AvgIpc) is 1.10. The van der Waals surface area contributed by atoms with Crippen LogP contribution in [0.5, 0.6) is 0 Å². The molecule has 0 heterocycles. The lowest BCUT2D eigenvalue weighted by atomic mass is 9.78. The van der Waals surface area contributed by atoms with Gasteiger partial charge in [-0.3, -0.25) is 67.5 Å². The second kappa shape index (κ2) is 43.3. The molecule has 95 heavy (non-hydrogen) atoms. The molecule has 0 bridgehead atoms. The smallest absolute Gasteiger partial charge is 0.251 e. The van der Waals surface area contributed by atoms with Crippen LogP contribution in [0, 0.1) is 61.2 Å². The molecule has 0 aromatic heterocycles. The summed E-state index contributed by atoms with van der Waals surface area (Å²) in [7, 11) is 0. The lowest BCUT2D eigenvalue weighted by molar-refractivity contribution is -0.525. The molecule has 0 aliphatic carbocycles. The predicted molar refractivity (Wildman–Crippen MR) is 353 cm³/mol. The number of hydrogen-bond acceptors (Lipinski definition) is 20. The zero-order valence-electron chi connectivity index (χ0n) is 54.8. The van der Waals surface area contributed by atoms with Crippen molar-refractivity contribution in [1.29, 1.82) is 0 Å². The van der Waals surface area contributed by atoms with Crippen molar-refractivity contribution in [1.82, 2.24) is 10.9 Å². The number of ketones is 12. The summed E-state index contributed by atoms with van der Waals surface area (Å²) >= 11 is 0. The molecule has 0 aliphatic heterocycles. The van der Waals surface area contributed by atoms with E-state index in [1.54, 1.807) is 71.5 Å². The Labute approximate surface area is 552 Å². The number of guanidine groups is 4. The fraction of sp³-hybridized carbons (Fsp3) is 0.569. The van der Waals surface area contributed by atoms with Crippen molar-refractivity contribution in [3.05, 3.63) is 92.0 Å². The van der Waals surface area contributed by atoms with Gasteiger partial charge in [-0.05, 0) is 94.1 Å². The van der Waals surface area contributed by atoms with Crippen molar-refractivity contribution < 1.29 is 67.6 Å². The Morgan fingerprint density at radius 3 is 0.979 bits per heavy atom. The maximum atomic E-state index is 14.3. The van der Waals surface area contributed by atoms with Gasteiger partial charge in [0.05, 0.1) is 38.5 Å². The lowest BCUT2D eigenvalue weighted by Crippen LogP contribution is -2.36. The highest BCUT2D eigenvalue weighted by molar-refractivity contribution is 6.09. The van der Waals surface area contributed by atoms with Gasteiger partial charge in [0.15, 0.2) is 22.0 Å². The molecule has 0 saturated carbocycles. The molecule has 0 saturated heterocycles. The molecule has 30 heteroatoms. The summed E-state index contributed by atoms with van der Waals surface area (Å²) in [5.41, 5.74) is 37.6. The first kappa shape index (κ1) is 81.5. The zero-order valence-corrected chi connectivity index (χ0v) is 54.8. The first-order valence-electron chi connectivity index (χ1n) is 31.5. The van der Waals surface area contributed by atoms with E-state index >= 15 is 0 Å². The lowest BCUT2D eigenvalue weighted by Gasteiger charge is -2.25. The van der Waals surface area contributed by atoms with Crippen LogP contribution in [-0.4, -0.2) is 129 Å². The number of nitro groups is 2. The highest BCUT2D eigenvalue weighted by Gasteiger charge is 2.34. The van der Waals surface area contributed by atoms with Crippen LogP contribution in [0.15, 0.2) is 80.6 Å². The molecule has 2 rings (SSSR count). The third kappa shape index (κ3) is 37.6. The number of hydrazine groups is 2. The Morgan fingerprint density at radius 1 is 0.411 bits per heavy atom. The van der Waals surface area contributed by atoms with Gasteiger partial charge in [-0.15, -0.1) is 0 Å². The van der Waals surface area contributed by atoms with Crippen molar-refractivity contribution in [2.24, 2.45) is 95.3 Å². The number of benzene rings is 2. The van der Waals surface area contributed by atoms with E-state index < -0.39 is 184 Å². The predicted octanol–water partition coefficient (Wildman–Crippen LogP) is 3.60. The molecule has 2 aromatic rings. The number of carbonyl (C=O) groups excluding carboxylic acids is 12. The number of carbonyl (C=O) groups is 12. The summed E-state index contributed by atoms with van der Waals surface area (Å²) in [6.45, 7) is 6.84. The van der Waals surface area contributed by atoms with E-state index in [1.165, 1.54) is 6.92 Å². The van der Waals surface area contributed by atoms with Gasteiger partial charge in [0, 0.05) is 93.8 Å². The Morgan fingerprint density at radius 2 is 0.684 bits per heavy atom. The van der Waals surface area contributed by atoms with Crippen LogP contribution in [0.25, 0.3) is 0 Å². The van der Waals surface area contributed by atoms with Gasteiger partial charge in [-0.2, -0.15) is 0 Å². The van der Waals surface area contributed by atoms with E-state index in [1.807, 2.05) is 20.8 Å². The van der Waals surface area contributed by atoms with Crippen molar-refractivity contribution >= 4 is 93.2 Å². The largest absolute Gasteiger partial charge is 0.370 e. The Bertz CT molecular complexity index is 3120. The third-order valence-electron chi connectivity index (χ3n) is 15.3. The van der Waals surface area contributed by atoms with Crippen molar-refractivity contribution in [3.8, 4) is 0 Å². The molecule has 0 aliphatic rings. The number of Topliss-reactive ketones (excluding diaryl/α,β-unsaturated/α-hetero) is 12. The van der Waals surface area contributed by atoms with E-state index in [0.29, 0.717) is 12.0 Å². The van der Waals surface area contributed by atoms with Gasteiger partial charge in [-0.25, -0.2) is 30.2 Å². The van der Waals surface area contributed by atoms with E-state index in [0.717, 1.165) is 5.56 Å². The van der Waals surface area contributed by atoms with Crippen LogP contribution in [0.4, 0.5) is 0 Å². The fourth-order valence-corrected chi connectivity index (χ4v) is 10.9. The van der Waals surface area contributed by atoms with Gasteiger partial charge in [0.1, 0.15) is 69.4 Å². The number of hydrogen-bond donors (Lipinski definition) is 8. The number of aliphatic imine (C=N–C) groups is 4. The summed E-state index contributed by atoms with van der Waals surface area (Å²) in [4.78, 5) is 202. The highest BCUT2D eigenvalue weighted by atomic mass is 16.7. The summed E-state index contributed by atoms with van der Waals surface area (Å²) in [5, 5.41) is 19.8. The summed E-state index contributed by atoms with van der Waals surface area (Å²) in [6, 6.07) is 17.5. The van der Waals surface area contributed by atoms with Crippen LogP contribution in [0.2, 0.25) is 0 Å². The fourth-order valence-electron chi connectivity index (χ4n) is 10.9. The van der Waals surface area contributed by atoms with E-state index in [-0.39, 0.29) is 121 Å². The number of nitrogens with two attached hydrogens (primary N) is 6. The normalized spacial score (nSPS) is 13.5. The maximum absolute atomic E-state index is 14.3. The Balaban J connectivity index is 2.39. The van der Waals surface area contributed by atoms with Crippen LogP contribution < -0.4 is 45.3 Å². The molecule has 14 N–H and O–H groups in total. The Kier molecular flexibility index (Phi) is 37.1. The highest BCUT2D eigenvalue weighted by Crippen LogP contribution is 2.31. The van der Waals surface area contributed by atoms with Crippen molar-refractivity contribution in [2.45, 2.75) is 169 Å². The SMILES string of the molecule is CC(=O)CC(=O)CC(Cc1ccccc1)C(=O)CC(=O)C(CC(=O)CC(=O)CC(CCCN=C(N)N)C(=O)CC(=O)C(CCCN=C(N)N)CC(=O)CC(=O)CC(CCCN=C(N)N[N+](=O)[O-])C(=O)CC(=O)C(CCCN=C(N)N[N+](=O)[O-])CC(C)(C)C)Cc1ccccc1. The maximum Gasteiger partial charge on any atom is 0.251 e. The second-order valence-corrected chi connectivity index (χ2v) is 25.1. The minimum atomic E-state index is -1.19. The van der Waals surface area contributed by atoms with E-state index in [2.05, 4.69) is 20.0 Å². The third-order valence-corrected chi connectivity index (χ3v) is 15.3. The molecule has 2 aromatic carbocycles. The standard InChI is InChI=1S/C65H94N14O16/c1-41(80)27-50(81)33-48(28-42-15-7-5-8-16-42)59(90)39-60(91)49(29-43-17-9-6-10-18-43)34-54(85)36-53(84)31-45(20-12-24-73-62(68)69)56(87)37-55(86)44(19-11-23-72-61(66)67)30-51(82)35-52(83)32-46(21-13-25-74-63(70)76-78(92)93)57(88)38-58(89)47(40-65(2,3)4)22-14-26-75-64(71)77-79(94)95/h5-10,15-18,44-49H,11-14,19-40H2,1-4H3,(H4,66,67,72)(H4,68,69,73)(H3,70,74,76)(H3,71,75,77). The van der Waals surface area contributed by atoms with Gasteiger partial charge >= 0.3 is 0 Å². The van der Waals surface area contributed by atoms with Crippen molar-refractivity contribution in [2.75, 3.05) is 26.2 Å². The summed E-state index contributed by atoms with van der Waals surface area (Å²) < 4.78 is 0. The van der Waals surface area contributed by atoms with Crippen LogP contribution in [0.3, 0.4) is 0 Å². The van der Waals surface area contributed by atoms with Gasteiger partial charge in [-0.1, -0.05) is 92.3 Å². The molecule has 6 atom stereocenters. The first-order chi connectivity index (χ1) is 44.7. The molecule has 6 unspecified atom stereocenters. The van der Waals surface area contributed by atoms with Crippen molar-refractivity contribution in [3.63, 3.8) is 0 Å². The van der Waals surface area contributed by atoms with Crippen LogP contribution >= 0.6 is 0 Å².